The SMILES string of the molecule is CCNC(=O)[C@H](Cc1ccccc1)N(Cc1ccc(Cl)cc1)C(=O)CSCc1ccccc1. The van der Waals surface area contributed by atoms with Crippen molar-refractivity contribution >= 4 is 35.2 Å². The van der Waals surface area contributed by atoms with Crippen LogP contribution >= 0.6 is 23.4 Å². The third-order valence-electron chi connectivity index (χ3n) is 5.23. The fraction of sp³-hybridized carbons (Fsp3) is 0.259. The molecule has 0 bridgehead atoms. The van der Waals surface area contributed by atoms with E-state index in [0.717, 1.165) is 16.9 Å². The zero-order valence-electron chi connectivity index (χ0n) is 18.7. The highest BCUT2D eigenvalue weighted by molar-refractivity contribution is 7.99. The van der Waals surface area contributed by atoms with E-state index < -0.39 is 6.04 Å². The van der Waals surface area contributed by atoms with Crippen molar-refractivity contribution in [3.8, 4) is 0 Å². The number of hydrogen-bond donors (Lipinski definition) is 1. The lowest BCUT2D eigenvalue weighted by Crippen LogP contribution is -2.51. The lowest BCUT2D eigenvalue weighted by Gasteiger charge is -2.31. The fourth-order valence-electron chi connectivity index (χ4n) is 3.55. The number of carbonyl (C=O) groups excluding carboxylic acids is 2. The maximum Gasteiger partial charge on any atom is 0.243 e. The highest BCUT2D eigenvalue weighted by Crippen LogP contribution is 2.19. The summed E-state index contributed by atoms with van der Waals surface area (Å²) in [7, 11) is 0. The van der Waals surface area contributed by atoms with E-state index in [1.807, 2.05) is 79.7 Å². The maximum absolute atomic E-state index is 13.4. The summed E-state index contributed by atoms with van der Waals surface area (Å²) in [6.07, 6.45) is 0.454. The first-order valence-electron chi connectivity index (χ1n) is 11.0. The van der Waals surface area contributed by atoms with Crippen LogP contribution in [0.3, 0.4) is 0 Å². The van der Waals surface area contributed by atoms with Crippen LogP contribution in [-0.4, -0.2) is 35.1 Å². The summed E-state index contributed by atoms with van der Waals surface area (Å²) in [4.78, 5) is 28.3. The van der Waals surface area contributed by atoms with E-state index in [-0.39, 0.29) is 11.8 Å². The van der Waals surface area contributed by atoms with Crippen LogP contribution < -0.4 is 5.32 Å². The van der Waals surface area contributed by atoms with Crippen LogP contribution in [0.4, 0.5) is 0 Å². The maximum atomic E-state index is 13.4. The van der Waals surface area contributed by atoms with Crippen molar-refractivity contribution in [1.29, 1.82) is 0 Å². The van der Waals surface area contributed by atoms with Crippen LogP contribution in [0.5, 0.6) is 0 Å². The molecule has 0 saturated carbocycles. The topological polar surface area (TPSA) is 49.4 Å². The standard InChI is InChI=1S/C27H29ClN2O2S/c1-2-29-27(32)25(17-21-9-5-3-6-10-21)30(18-22-13-15-24(28)16-14-22)26(31)20-33-19-23-11-7-4-8-12-23/h3-16,25H,2,17-20H2,1H3,(H,29,32)/t25-/m0/s1. The molecule has 0 aliphatic rings. The Morgan fingerprint density at radius 2 is 1.48 bits per heavy atom. The Morgan fingerprint density at radius 1 is 0.879 bits per heavy atom. The molecular formula is C27H29ClN2O2S. The number of nitrogens with zero attached hydrogens (tertiary/aromatic N) is 1. The van der Waals surface area contributed by atoms with Gasteiger partial charge in [0.15, 0.2) is 0 Å². The van der Waals surface area contributed by atoms with Gasteiger partial charge in [-0.1, -0.05) is 84.4 Å². The summed E-state index contributed by atoms with van der Waals surface area (Å²) in [5.74, 6) is 0.841. The summed E-state index contributed by atoms with van der Waals surface area (Å²) in [6, 6.07) is 26.7. The van der Waals surface area contributed by atoms with Gasteiger partial charge in [-0.2, -0.15) is 0 Å². The molecule has 0 unspecified atom stereocenters. The van der Waals surface area contributed by atoms with Gasteiger partial charge in [0.25, 0.3) is 0 Å². The highest BCUT2D eigenvalue weighted by atomic mass is 35.5. The normalized spacial score (nSPS) is 11.6. The van der Waals surface area contributed by atoms with Crippen molar-refractivity contribution in [2.24, 2.45) is 0 Å². The van der Waals surface area contributed by atoms with Crippen molar-refractivity contribution in [2.45, 2.75) is 31.7 Å². The molecular weight excluding hydrogens is 452 g/mol. The summed E-state index contributed by atoms with van der Waals surface area (Å²) < 4.78 is 0. The minimum Gasteiger partial charge on any atom is -0.355 e. The van der Waals surface area contributed by atoms with Gasteiger partial charge < -0.3 is 10.2 Å². The van der Waals surface area contributed by atoms with E-state index in [1.165, 1.54) is 5.56 Å². The number of thioether (sulfide) groups is 1. The Hall–Kier alpha value is -2.76. The molecule has 0 fully saturated rings. The first-order chi connectivity index (χ1) is 16.1. The molecule has 1 atom stereocenters. The van der Waals surface area contributed by atoms with E-state index in [0.29, 0.717) is 30.3 Å². The number of carbonyl (C=O) groups is 2. The van der Waals surface area contributed by atoms with E-state index in [1.54, 1.807) is 16.7 Å². The van der Waals surface area contributed by atoms with Crippen LogP contribution in [0.2, 0.25) is 5.02 Å². The average Bonchev–Trinajstić information content (AvgIpc) is 2.84. The Balaban J connectivity index is 1.81. The molecule has 2 amide bonds. The number of benzene rings is 3. The molecule has 4 nitrogen and oxygen atoms in total. The molecule has 33 heavy (non-hydrogen) atoms. The van der Waals surface area contributed by atoms with Crippen molar-refractivity contribution in [3.05, 3.63) is 107 Å². The predicted octanol–water partition coefficient (Wildman–Crippen LogP) is 5.35. The lowest BCUT2D eigenvalue weighted by molar-refractivity contribution is -0.139. The first kappa shape index (κ1) is 24.9. The molecule has 0 aliphatic heterocycles. The van der Waals surface area contributed by atoms with Crippen LogP contribution in [0.25, 0.3) is 0 Å². The summed E-state index contributed by atoms with van der Waals surface area (Å²) in [6.45, 7) is 2.74. The van der Waals surface area contributed by atoms with Crippen molar-refractivity contribution in [1.82, 2.24) is 10.2 Å². The number of halogens is 1. The molecule has 3 aromatic carbocycles. The monoisotopic (exact) mass is 480 g/mol. The summed E-state index contributed by atoms with van der Waals surface area (Å²) in [5.41, 5.74) is 3.12. The number of rotatable bonds is 11. The van der Waals surface area contributed by atoms with Crippen LogP contribution in [0.1, 0.15) is 23.6 Å². The zero-order valence-corrected chi connectivity index (χ0v) is 20.3. The molecule has 0 saturated heterocycles. The quantitative estimate of drug-likeness (QED) is 0.402. The van der Waals surface area contributed by atoms with Crippen molar-refractivity contribution in [2.75, 3.05) is 12.3 Å². The minimum absolute atomic E-state index is 0.0573. The average molecular weight is 481 g/mol. The van der Waals surface area contributed by atoms with Gasteiger partial charge in [0, 0.05) is 30.3 Å². The Morgan fingerprint density at radius 3 is 2.09 bits per heavy atom. The van der Waals surface area contributed by atoms with E-state index in [4.69, 9.17) is 11.6 Å². The molecule has 172 valence electrons. The number of amides is 2. The van der Waals surface area contributed by atoms with Gasteiger partial charge in [-0.05, 0) is 35.7 Å². The lowest BCUT2D eigenvalue weighted by atomic mass is 10.0. The molecule has 0 radical (unpaired) electrons. The van der Waals surface area contributed by atoms with Crippen molar-refractivity contribution in [3.63, 3.8) is 0 Å². The third kappa shape index (κ3) is 7.95. The second-order valence-electron chi connectivity index (χ2n) is 7.73. The predicted molar refractivity (Wildman–Crippen MR) is 137 cm³/mol. The van der Waals surface area contributed by atoms with Crippen molar-refractivity contribution < 1.29 is 9.59 Å². The van der Waals surface area contributed by atoms with Gasteiger partial charge in [-0.3, -0.25) is 9.59 Å². The molecule has 0 aromatic heterocycles. The summed E-state index contributed by atoms with van der Waals surface area (Å²) in [5, 5.41) is 3.56. The van der Waals surface area contributed by atoms with Gasteiger partial charge in [-0.15, -0.1) is 11.8 Å². The Kier molecular flexibility index (Phi) is 9.85. The van der Waals surface area contributed by atoms with Gasteiger partial charge >= 0.3 is 0 Å². The largest absolute Gasteiger partial charge is 0.355 e. The van der Waals surface area contributed by atoms with E-state index >= 15 is 0 Å². The van der Waals surface area contributed by atoms with E-state index in [2.05, 4.69) is 17.4 Å². The van der Waals surface area contributed by atoms with Crippen LogP contribution in [0, 0.1) is 0 Å². The molecule has 6 heteroatoms. The smallest absolute Gasteiger partial charge is 0.243 e. The highest BCUT2D eigenvalue weighted by Gasteiger charge is 2.30. The zero-order chi connectivity index (χ0) is 23.5. The van der Waals surface area contributed by atoms with Gasteiger partial charge in [0.1, 0.15) is 6.04 Å². The van der Waals surface area contributed by atoms with Crippen LogP contribution in [-0.2, 0) is 28.3 Å². The molecule has 3 rings (SSSR count). The van der Waals surface area contributed by atoms with Gasteiger partial charge in [0.2, 0.25) is 11.8 Å². The number of nitrogens with one attached hydrogen (secondary N) is 1. The van der Waals surface area contributed by atoms with Crippen LogP contribution in [0.15, 0.2) is 84.9 Å². The number of likely N-dealkylation sites (N-methyl/N-ethyl adjacent to an activating group) is 1. The third-order valence-corrected chi connectivity index (χ3v) is 6.47. The minimum atomic E-state index is -0.604. The molecule has 0 heterocycles. The second-order valence-corrected chi connectivity index (χ2v) is 9.15. The Labute approximate surface area is 205 Å². The molecule has 3 aromatic rings. The second kappa shape index (κ2) is 13.1. The summed E-state index contributed by atoms with van der Waals surface area (Å²) >= 11 is 7.61. The van der Waals surface area contributed by atoms with Gasteiger partial charge in [0.05, 0.1) is 5.75 Å². The number of hydrogen-bond acceptors (Lipinski definition) is 3. The molecule has 1 N–H and O–H groups in total. The van der Waals surface area contributed by atoms with E-state index in [9.17, 15) is 9.59 Å². The van der Waals surface area contributed by atoms with Gasteiger partial charge in [-0.25, -0.2) is 0 Å². The molecule has 0 spiro atoms. The first-order valence-corrected chi connectivity index (χ1v) is 12.6. The fourth-order valence-corrected chi connectivity index (χ4v) is 4.54. The molecule has 0 aliphatic carbocycles. The Bertz CT molecular complexity index is 1010.